The van der Waals surface area contributed by atoms with Crippen LogP contribution in [0.2, 0.25) is 0 Å². The van der Waals surface area contributed by atoms with Crippen LogP contribution < -0.4 is 5.32 Å². The van der Waals surface area contributed by atoms with E-state index >= 15 is 0 Å². The van der Waals surface area contributed by atoms with Gasteiger partial charge in [-0.2, -0.15) is 5.26 Å². The van der Waals surface area contributed by atoms with Gasteiger partial charge >= 0.3 is 0 Å². The van der Waals surface area contributed by atoms with Crippen molar-refractivity contribution in [1.82, 2.24) is 10.2 Å². The van der Waals surface area contributed by atoms with Gasteiger partial charge in [-0.05, 0) is 19.1 Å². The van der Waals surface area contributed by atoms with Gasteiger partial charge in [0.25, 0.3) is 0 Å². The number of piperazine rings is 1. The second-order valence-electron chi connectivity index (χ2n) is 4.43. The van der Waals surface area contributed by atoms with Crippen molar-refractivity contribution in [3.05, 3.63) is 27.7 Å². The van der Waals surface area contributed by atoms with Gasteiger partial charge in [0.15, 0.2) is 0 Å². The van der Waals surface area contributed by atoms with E-state index in [0.29, 0.717) is 5.56 Å². The molecule has 0 saturated carbocycles. The van der Waals surface area contributed by atoms with Crippen LogP contribution in [0.4, 0.5) is 0 Å². The number of nitriles is 1. The highest BCUT2D eigenvalue weighted by Gasteiger charge is 2.23. The molecule has 4 nitrogen and oxygen atoms in total. The summed E-state index contributed by atoms with van der Waals surface area (Å²) in [6.07, 6.45) is 0. The lowest BCUT2D eigenvalue weighted by Crippen LogP contribution is -2.44. The first-order valence-corrected chi connectivity index (χ1v) is 6.80. The monoisotopic (exact) mass is 309 g/mol. The van der Waals surface area contributed by atoms with Gasteiger partial charge in [0.05, 0.1) is 5.56 Å². The number of hydrogen-bond acceptors (Lipinski definition) is 4. The zero-order chi connectivity index (χ0) is 13.1. The van der Waals surface area contributed by atoms with E-state index in [9.17, 15) is 5.11 Å². The lowest BCUT2D eigenvalue weighted by atomic mass is 10.0. The molecular weight excluding hydrogens is 294 g/mol. The number of benzene rings is 1. The molecule has 0 unspecified atom stereocenters. The molecule has 0 amide bonds. The molecule has 1 aliphatic rings. The zero-order valence-electron chi connectivity index (χ0n) is 10.3. The molecule has 2 rings (SSSR count). The Morgan fingerprint density at radius 1 is 1.44 bits per heavy atom. The quantitative estimate of drug-likeness (QED) is 0.877. The third kappa shape index (κ3) is 2.51. The summed E-state index contributed by atoms with van der Waals surface area (Å²) in [7, 11) is 0. The van der Waals surface area contributed by atoms with E-state index in [1.807, 2.05) is 12.1 Å². The Balaban J connectivity index is 2.34. The molecule has 0 aromatic heterocycles. The number of hydrogen-bond donors (Lipinski definition) is 2. The highest BCUT2D eigenvalue weighted by Crippen LogP contribution is 2.36. The summed E-state index contributed by atoms with van der Waals surface area (Å²) in [6.45, 7) is 5.88. The van der Waals surface area contributed by atoms with Gasteiger partial charge in [0, 0.05) is 42.3 Å². The minimum Gasteiger partial charge on any atom is -0.506 e. The maximum absolute atomic E-state index is 10.2. The molecule has 1 aromatic rings. The fourth-order valence-corrected chi connectivity index (χ4v) is 2.97. The molecule has 1 aliphatic heterocycles. The van der Waals surface area contributed by atoms with Crippen LogP contribution in [0.25, 0.3) is 0 Å². The Labute approximate surface area is 115 Å². The van der Waals surface area contributed by atoms with Crippen LogP contribution in [0.3, 0.4) is 0 Å². The van der Waals surface area contributed by atoms with Crippen molar-refractivity contribution in [3.8, 4) is 11.8 Å². The molecule has 1 heterocycles. The van der Waals surface area contributed by atoms with Crippen LogP contribution in [0.15, 0.2) is 16.6 Å². The Bertz CT molecular complexity index is 478. The highest BCUT2D eigenvalue weighted by atomic mass is 79.9. The molecule has 1 saturated heterocycles. The maximum Gasteiger partial charge on any atom is 0.139 e. The molecule has 0 spiro atoms. The highest BCUT2D eigenvalue weighted by molar-refractivity contribution is 9.10. The van der Waals surface area contributed by atoms with Crippen LogP contribution in [-0.4, -0.2) is 36.2 Å². The lowest BCUT2D eigenvalue weighted by molar-refractivity contribution is 0.182. The largest absolute Gasteiger partial charge is 0.506 e. The fraction of sp³-hybridized carbons (Fsp3) is 0.462. The topological polar surface area (TPSA) is 59.3 Å². The average molecular weight is 310 g/mol. The first-order valence-electron chi connectivity index (χ1n) is 6.01. The van der Waals surface area contributed by atoms with Gasteiger partial charge in [-0.3, -0.25) is 4.90 Å². The van der Waals surface area contributed by atoms with Crippen LogP contribution in [0, 0.1) is 11.3 Å². The summed E-state index contributed by atoms with van der Waals surface area (Å²) in [4.78, 5) is 2.30. The molecule has 2 N–H and O–H groups in total. The lowest BCUT2D eigenvalue weighted by Gasteiger charge is -2.33. The van der Waals surface area contributed by atoms with E-state index in [4.69, 9.17) is 5.26 Å². The van der Waals surface area contributed by atoms with Crippen molar-refractivity contribution in [2.75, 3.05) is 26.2 Å². The van der Waals surface area contributed by atoms with Gasteiger partial charge in [-0.25, -0.2) is 0 Å². The number of rotatable bonds is 2. The van der Waals surface area contributed by atoms with Crippen molar-refractivity contribution in [1.29, 1.82) is 5.26 Å². The maximum atomic E-state index is 10.2. The first-order chi connectivity index (χ1) is 8.65. The Kier molecular flexibility index (Phi) is 4.23. The minimum absolute atomic E-state index is 0.0924. The fourth-order valence-electron chi connectivity index (χ4n) is 2.32. The third-order valence-electron chi connectivity index (χ3n) is 3.40. The second kappa shape index (κ2) is 5.70. The van der Waals surface area contributed by atoms with E-state index in [-0.39, 0.29) is 11.8 Å². The molecule has 1 atom stereocenters. The van der Waals surface area contributed by atoms with Crippen molar-refractivity contribution < 1.29 is 5.11 Å². The van der Waals surface area contributed by atoms with Gasteiger partial charge in [0.1, 0.15) is 11.8 Å². The van der Waals surface area contributed by atoms with Crippen LogP contribution in [-0.2, 0) is 0 Å². The summed E-state index contributed by atoms with van der Waals surface area (Å²) in [6, 6.07) is 5.57. The molecule has 96 valence electrons. The molecule has 18 heavy (non-hydrogen) atoms. The Morgan fingerprint density at radius 3 is 2.72 bits per heavy atom. The van der Waals surface area contributed by atoms with E-state index < -0.39 is 0 Å². The summed E-state index contributed by atoms with van der Waals surface area (Å²) in [5.74, 6) is 0.0953. The molecule has 5 heteroatoms. The summed E-state index contributed by atoms with van der Waals surface area (Å²) in [5, 5.41) is 22.5. The number of phenolic OH excluding ortho intramolecular Hbond substituents is 1. The van der Waals surface area contributed by atoms with Crippen molar-refractivity contribution >= 4 is 15.9 Å². The van der Waals surface area contributed by atoms with Crippen molar-refractivity contribution in [2.24, 2.45) is 0 Å². The van der Waals surface area contributed by atoms with Gasteiger partial charge < -0.3 is 10.4 Å². The number of phenols is 1. The normalized spacial score (nSPS) is 18.3. The number of nitrogens with zero attached hydrogens (tertiary/aromatic N) is 2. The number of aromatic hydroxyl groups is 1. The van der Waals surface area contributed by atoms with Gasteiger partial charge in [-0.1, -0.05) is 15.9 Å². The third-order valence-corrected chi connectivity index (χ3v) is 4.09. The standard InChI is InChI=1S/C13H16BrN3O/c1-9(17-6-4-16-5-7-17)12-11(14)3-2-10(8-15)13(12)18/h2-3,9,16,18H,4-7H2,1H3/t9-/m0/s1. The van der Waals surface area contributed by atoms with E-state index in [1.165, 1.54) is 0 Å². The van der Waals surface area contributed by atoms with Gasteiger partial charge in [-0.15, -0.1) is 0 Å². The molecule has 0 aliphatic carbocycles. The second-order valence-corrected chi connectivity index (χ2v) is 5.29. The van der Waals surface area contributed by atoms with Crippen LogP contribution >= 0.6 is 15.9 Å². The van der Waals surface area contributed by atoms with E-state index in [1.54, 1.807) is 6.07 Å². The molecule has 1 aromatic carbocycles. The Hall–Kier alpha value is -1.09. The SMILES string of the molecule is C[C@@H](c1c(Br)ccc(C#N)c1O)N1CCNCC1. The van der Waals surface area contributed by atoms with E-state index in [0.717, 1.165) is 36.2 Å². The van der Waals surface area contributed by atoms with Crippen molar-refractivity contribution in [2.45, 2.75) is 13.0 Å². The summed E-state index contributed by atoms with van der Waals surface area (Å²) in [5.41, 5.74) is 1.13. The number of nitrogens with one attached hydrogen (secondary N) is 1. The predicted octanol–water partition coefficient (Wildman–Crippen LogP) is 1.99. The summed E-state index contributed by atoms with van der Waals surface area (Å²) < 4.78 is 0.852. The first kappa shape index (κ1) is 13.3. The molecular formula is C13H16BrN3O. The minimum atomic E-state index is 0.0924. The smallest absolute Gasteiger partial charge is 0.139 e. The van der Waals surface area contributed by atoms with Gasteiger partial charge in [0.2, 0.25) is 0 Å². The molecule has 0 bridgehead atoms. The average Bonchev–Trinajstić information content (AvgIpc) is 2.40. The van der Waals surface area contributed by atoms with Crippen LogP contribution in [0.1, 0.15) is 24.1 Å². The molecule has 1 fully saturated rings. The Morgan fingerprint density at radius 2 is 2.11 bits per heavy atom. The molecule has 0 radical (unpaired) electrons. The van der Waals surface area contributed by atoms with Crippen molar-refractivity contribution in [3.63, 3.8) is 0 Å². The van der Waals surface area contributed by atoms with E-state index in [2.05, 4.69) is 33.1 Å². The van der Waals surface area contributed by atoms with Crippen LogP contribution in [0.5, 0.6) is 5.75 Å². The summed E-state index contributed by atoms with van der Waals surface area (Å²) >= 11 is 3.47. The zero-order valence-corrected chi connectivity index (χ0v) is 11.9. The number of halogens is 1. The predicted molar refractivity (Wildman–Crippen MR) is 73.4 cm³/mol.